The maximum Gasteiger partial charge on any atom is 0.405 e. The topological polar surface area (TPSA) is 151 Å². The van der Waals surface area contributed by atoms with Crippen LogP contribution in [-0.4, -0.2) is 60.8 Å². The normalized spacial score (nSPS) is 17.4. The Bertz CT molecular complexity index is 1160. The van der Waals surface area contributed by atoms with Crippen molar-refractivity contribution in [2.45, 2.75) is 37.3 Å². The van der Waals surface area contributed by atoms with Crippen LogP contribution >= 0.6 is 0 Å². The quantitative estimate of drug-likeness (QED) is 0.468. The summed E-state index contributed by atoms with van der Waals surface area (Å²) in [5.74, 6) is -1.25. The third-order valence-corrected chi connectivity index (χ3v) is 6.67. The Morgan fingerprint density at radius 1 is 1.11 bits per heavy atom. The first-order valence-electron chi connectivity index (χ1n) is 11.4. The van der Waals surface area contributed by atoms with E-state index in [0.29, 0.717) is 6.42 Å². The molecule has 0 bridgehead atoms. The van der Waals surface area contributed by atoms with Crippen molar-refractivity contribution in [2.75, 3.05) is 25.2 Å². The Balaban J connectivity index is 1.47. The molecule has 1 unspecified atom stereocenters. The van der Waals surface area contributed by atoms with Crippen LogP contribution in [0.2, 0.25) is 0 Å². The number of likely N-dealkylation sites (N-methyl/N-ethyl adjacent to an activating group) is 1. The van der Waals surface area contributed by atoms with Crippen LogP contribution in [0.5, 0.6) is 0 Å². The van der Waals surface area contributed by atoms with E-state index in [0.717, 1.165) is 27.9 Å². The summed E-state index contributed by atoms with van der Waals surface area (Å²) in [7, 11) is 1.76. The van der Waals surface area contributed by atoms with E-state index in [4.69, 9.17) is 10.5 Å². The third-order valence-electron chi connectivity index (χ3n) is 6.67. The van der Waals surface area contributed by atoms with Crippen LogP contribution in [0.3, 0.4) is 0 Å². The molecule has 2 aliphatic heterocycles. The predicted molar refractivity (Wildman–Crippen MR) is 128 cm³/mol. The summed E-state index contributed by atoms with van der Waals surface area (Å²) >= 11 is 0. The summed E-state index contributed by atoms with van der Waals surface area (Å²) in [6.45, 7) is 0.450. The second-order valence-electron chi connectivity index (χ2n) is 8.93. The van der Waals surface area contributed by atoms with E-state index in [1.165, 1.54) is 0 Å². The number of primary amides is 1. The Hall–Kier alpha value is -3.92. The first kappa shape index (κ1) is 24.2. The number of fused-ring (bicyclic) bond motifs is 1. The molecule has 2 heterocycles. The molecule has 1 fully saturated rings. The molecule has 0 saturated carbocycles. The highest BCUT2D eigenvalue weighted by atomic mass is 16.5. The van der Waals surface area contributed by atoms with Gasteiger partial charge in [0, 0.05) is 45.2 Å². The van der Waals surface area contributed by atoms with Crippen LogP contribution in [0, 0.1) is 0 Å². The number of nitrogens with one attached hydrogen (secondary N) is 2. The molecule has 0 aliphatic carbocycles. The van der Waals surface area contributed by atoms with Crippen molar-refractivity contribution < 1.29 is 29.0 Å². The molecular formula is C25H28N4O6. The average molecular weight is 481 g/mol. The number of benzene rings is 2. The number of nitrogens with zero attached hydrogens (tertiary/aromatic N) is 1. The number of hydrogen-bond donors (Lipinski definition) is 4. The van der Waals surface area contributed by atoms with Crippen LogP contribution in [0.15, 0.2) is 42.5 Å². The monoisotopic (exact) mass is 480 g/mol. The molecule has 10 heteroatoms. The predicted octanol–water partition coefficient (Wildman–Crippen LogP) is 1.20. The van der Waals surface area contributed by atoms with Gasteiger partial charge in [-0.3, -0.25) is 14.4 Å². The van der Waals surface area contributed by atoms with E-state index in [1.807, 2.05) is 42.5 Å². The summed E-state index contributed by atoms with van der Waals surface area (Å²) in [5, 5.41) is 14.1. The minimum absolute atomic E-state index is 0.0631. The molecule has 5 N–H and O–H groups in total. The number of rotatable bonds is 7. The van der Waals surface area contributed by atoms with Gasteiger partial charge in [0.15, 0.2) is 0 Å². The minimum atomic E-state index is -1.37. The first-order valence-corrected chi connectivity index (χ1v) is 11.4. The van der Waals surface area contributed by atoms with E-state index in [-0.39, 0.29) is 38.4 Å². The number of carbonyl (C=O) groups excluding carboxylic acids is 3. The van der Waals surface area contributed by atoms with Gasteiger partial charge < -0.3 is 31.1 Å². The van der Waals surface area contributed by atoms with Crippen molar-refractivity contribution in [3.63, 3.8) is 0 Å². The molecule has 184 valence electrons. The highest BCUT2D eigenvalue weighted by Gasteiger charge is 2.42. The van der Waals surface area contributed by atoms with E-state index in [2.05, 4.69) is 10.6 Å². The number of hydrogen-bond acceptors (Lipinski definition) is 5. The highest BCUT2D eigenvalue weighted by Crippen LogP contribution is 2.32. The minimum Gasteiger partial charge on any atom is -0.465 e. The Morgan fingerprint density at radius 3 is 2.40 bits per heavy atom. The third kappa shape index (κ3) is 5.12. The summed E-state index contributed by atoms with van der Waals surface area (Å²) < 4.78 is 5.26. The Kier molecular flexibility index (Phi) is 6.74. The largest absolute Gasteiger partial charge is 0.465 e. The molecule has 4 rings (SSSR count). The van der Waals surface area contributed by atoms with Crippen molar-refractivity contribution in [1.29, 1.82) is 0 Å². The maximum atomic E-state index is 13.0. The Morgan fingerprint density at radius 2 is 1.77 bits per heavy atom. The number of anilines is 1. The lowest BCUT2D eigenvalue weighted by molar-refractivity contribution is -0.134. The maximum absolute atomic E-state index is 13.0. The molecule has 1 saturated heterocycles. The molecule has 1 atom stereocenters. The lowest BCUT2D eigenvalue weighted by Gasteiger charge is -2.36. The van der Waals surface area contributed by atoms with Gasteiger partial charge in [-0.15, -0.1) is 0 Å². The molecule has 0 spiro atoms. The molecule has 35 heavy (non-hydrogen) atoms. The van der Waals surface area contributed by atoms with E-state index in [1.54, 1.807) is 11.9 Å². The molecule has 2 aromatic carbocycles. The van der Waals surface area contributed by atoms with Crippen LogP contribution in [0.1, 0.15) is 24.0 Å². The summed E-state index contributed by atoms with van der Waals surface area (Å²) in [6.07, 6.45) is -0.445. The number of nitrogens with two attached hydrogens (primary N) is 1. The number of ether oxygens (including phenoxy) is 1. The van der Waals surface area contributed by atoms with Gasteiger partial charge in [-0.1, -0.05) is 36.4 Å². The summed E-state index contributed by atoms with van der Waals surface area (Å²) in [4.78, 5) is 50.0. The van der Waals surface area contributed by atoms with E-state index < -0.39 is 29.5 Å². The average Bonchev–Trinajstić information content (AvgIpc) is 3.12. The fourth-order valence-corrected chi connectivity index (χ4v) is 4.54. The van der Waals surface area contributed by atoms with Crippen molar-refractivity contribution in [2.24, 2.45) is 5.73 Å². The lowest BCUT2D eigenvalue weighted by Crippen LogP contribution is -2.63. The smallest absolute Gasteiger partial charge is 0.405 e. The van der Waals surface area contributed by atoms with E-state index in [9.17, 15) is 24.3 Å². The van der Waals surface area contributed by atoms with Crippen molar-refractivity contribution in [1.82, 2.24) is 10.6 Å². The lowest BCUT2D eigenvalue weighted by atomic mass is 9.88. The van der Waals surface area contributed by atoms with Crippen LogP contribution in [-0.2, 0) is 32.0 Å². The molecule has 0 aromatic heterocycles. The molecule has 10 nitrogen and oxygen atoms in total. The van der Waals surface area contributed by atoms with Crippen LogP contribution < -0.4 is 21.3 Å². The molecule has 2 aliphatic rings. The van der Waals surface area contributed by atoms with Crippen LogP contribution in [0.25, 0.3) is 11.1 Å². The van der Waals surface area contributed by atoms with Gasteiger partial charge in [-0.25, -0.2) is 4.79 Å². The second-order valence-corrected chi connectivity index (χ2v) is 8.93. The summed E-state index contributed by atoms with van der Waals surface area (Å²) in [5.41, 5.74) is 8.75. The van der Waals surface area contributed by atoms with Crippen molar-refractivity contribution >= 4 is 29.5 Å². The van der Waals surface area contributed by atoms with Gasteiger partial charge in [0.05, 0.1) is 6.42 Å². The zero-order valence-corrected chi connectivity index (χ0v) is 19.4. The number of amides is 4. The zero-order valence-electron chi connectivity index (χ0n) is 19.4. The van der Waals surface area contributed by atoms with Crippen LogP contribution in [0.4, 0.5) is 10.5 Å². The SMILES string of the molecule is CN1C(=O)Cc2ccc(-c3ccc(CC(NC(=O)C4(NC(=O)O)CCOCC4)C(N)=O)cc3)cc21. The van der Waals surface area contributed by atoms with Crippen molar-refractivity contribution in [3.05, 3.63) is 53.6 Å². The molecule has 2 aromatic rings. The number of carboxylic acid groups (broad SMARTS) is 1. The fraction of sp³-hybridized carbons (Fsp3) is 0.360. The van der Waals surface area contributed by atoms with Gasteiger partial charge >= 0.3 is 6.09 Å². The van der Waals surface area contributed by atoms with Gasteiger partial charge in [0.1, 0.15) is 11.6 Å². The van der Waals surface area contributed by atoms with Gasteiger partial charge in [-0.2, -0.15) is 0 Å². The zero-order chi connectivity index (χ0) is 25.2. The highest BCUT2D eigenvalue weighted by molar-refractivity contribution is 6.01. The standard InChI is InChI=1S/C25H28N4O6/c1-29-20-13-17(6-7-18(20)14-21(29)30)16-4-2-15(3-5-16)12-19(22(26)31)27-23(32)25(28-24(33)34)8-10-35-11-9-25/h2-7,13,19,28H,8-12,14H2,1H3,(H2,26,31)(H,27,32)(H,33,34). The molecule has 4 amide bonds. The van der Waals surface area contributed by atoms with E-state index >= 15 is 0 Å². The van der Waals surface area contributed by atoms with Gasteiger partial charge in [0.25, 0.3) is 0 Å². The van der Waals surface area contributed by atoms with Gasteiger partial charge in [0.2, 0.25) is 17.7 Å². The van der Waals surface area contributed by atoms with Gasteiger partial charge in [-0.05, 0) is 28.3 Å². The molecular weight excluding hydrogens is 452 g/mol. The fourth-order valence-electron chi connectivity index (χ4n) is 4.54. The summed E-state index contributed by atoms with van der Waals surface area (Å²) in [6, 6.07) is 12.4. The second kappa shape index (κ2) is 9.75. The molecule has 0 radical (unpaired) electrons. The first-order chi connectivity index (χ1) is 16.7. The Labute approximate surface area is 202 Å². The number of carbonyl (C=O) groups is 4. The van der Waals surface area contributed by atoms with Crippen molar-refractivity contribution in [3.8, 4) is 11.1 Å².